The van der Waals surface area contributed by atoms with Gasteiger partial charge in [-0.3, -0.25) is 0 Å². The van der Waals surface area contributed by atoms with Crippen molar-refractivity contribution in [3.05, 3.63) is 34.1 Å². The zero-order valence-electron chi connectivity index (χ0n) is 7.48. The van der Waals surface area contributed by atoms with Crippen molar-refractivity contribution in [1.82, 2.24) is 8.75 Å². The highest BCUT2D eigenvalue weighted by Crippen LogP contribution is 2.33. The maximum absolute atomic E-state index is 4.34. The lowest BCUT2D eigenvalue weighted by atomic mass is 10.1. The number of nitrogens with zero attached hydrogens (tertiary/aromatic N) is 2. The highest BCUT2D eigenvalue weighted by Gasteiger charge is 2.10. The summed E-state index contributed by atoms with van der Waals surface area (Å²) in [5.74, 6) is 0. The number of hydrogen-bond donors (Lipinski definition) is 0. The van der Waals surface area contributed by atoms with E-state index in [0.717, 1.165) is 21.1 Å². The minimum absolute atomic E-state index is 0.950. The highest BCUT2D eigenvalue weighted by molar-refractivity contribution is 9.10. The fraction of sp³-hybridized carbons (Fsp3) is 0. The van der Waals surface area contributed by atoms with Crippen LogP contribution in [0, 0.1) is 0 Å². The van der Waals surface area contributed by atoms with Crippen LogP contribution in [-0.2, 0) is 0 Å². The summed E-state index contributed by atoms with van der Waals surface area (Å²) in [7, 11) is 0. The molecular weight excluding hydrogens is 292 g/mol. The molecule has 0 radical (unpaired) electrons. The van der Waals surface area contributed by atoms with Crippen molar-refractivity contribution in [1.29, 1.82) is 0 Å². The van der Waals surface area contributed by atoms with Gasteiger partial charge in [-0.2, -0.15) is 8.75 Å². The molecule has 0 aliphatic carbocycles. The van der Waals surface area contributed by atoms with Crippen LogP contribution in [0.5, 0.6) is 0 Å². The van der Waals surface area contributed by atoms with E-state index in [-0.39, 0.29) is 0 Å². The molecular formula is C10H5BrN2S2. The van der Waals surface area contributed by atoms with Gasteiger partial charge in [0.1, 0.15) is 11.0 Å². The van der Waals surface area contributed by atoms with Gasteiger partial charge in [0, 0.05) is 14.9 Å². The standard InChI is InChI=1S/C10H5BrN2S2/c11-7-4-3-6(8-2-1-5-14-8)9-10(7)13-15-12-9/h1-5H. The SMILES string of the molecule is Brc1ccc(-c2cccs2)c2nsnc12. The van der Waals surface area contributed by atoms with Crippen molar-refractivity contribution >= 4 is 50.0 Å². The number of fused-ring (bicyclic) bond motifs is 1. The molecule has 74 valence electrons. The van der Waals surface area contributed by atoms with Gasteiger partial charge in [-0.15, -0.1) is 11.3 Å². The average Bonchev–Trinajstić information content (AvgIpc) is 2.88. The summed E-state index contributed by atoms with van der Waals surface area (Å²) in [5.41, 5.74) is 3.10. The zero-order chi connectivity index (χ0) is 10.3. The quantitative estimate of drug-likeness (QED) is 0.673. The molecule has 0 unspecified atom stereocenters. The second-order valence-electron chi connectivity index (χ2n) is 3.03. The first-order chi connectivity index (χ1) is 7.36. The number of thiophene rings is 1. The molecule has 0 aliphatic heterocycles. The molecule has 0 saturated carbocycles. The van der Waals surface area contributed by atoms with E-state index in [1.807, 2.05) is 12.1 Å². The minimum atomic E-state index is 0.950. The molecule has 1 aromatic carbocycles. The molecule has 2 heterocycles. The summed E-state index contributed by atoms with van der Waals surface area (Å²) < 4.78 is 9.63. The summed E-state index contributed by atoms with van der Waals surface area (Å²) >= 11 is 6.46. The number of aromatic nitrogens is 2. The Bertz CT molecular complexity index is 601. The summed E-state index contributed by atoms with van der Waals surface area (Å²) in [6.07, 6.45) is 0. The Labute approximate surface area is 103 Å². The number of halogens is 1. The van der Waals surface area contributed by atoms with Crippen LogP contribution in [0.2, 0.25) is 0 Å². The smallest absolute Gasteiger partial charge is 0.119 e. The first-order valence-electron chi connectivity index (χ1n) is 4.31. The molecule has 0 bridgehead atoms. The minimum Gasteiger partial charge on any atom is -0.172 e. The van der Waals surface area contributed by atoms with Gasteiger partial charge in [0.15, 0.2) is 0 Å². The first kappa shape index (κ1) is 9.45. The molecule has 0 spiro atoms. The van der Waals surface area contributed by atoms with Crippen molar-refractivity contribution in [2.24, 2.45) is 0 Å². The van der Waals surface area contributed by atoms with Crippen molar-refractivity contribution in [3.63, 3.8) is 0 Å². The van der Waals surface area contributed by atoms with E-state index in [1.54, 1.807) is 11.3 Å². The van der Waals surface area contributed by atoms with Crippen LogP contribution in [0.3, 0.4) is 0 Å². The third-order valence-corrected chi connectivity index (χ3v) is 4.22. The monoisotopic (exact) mass is 296 g/mol. The van der Waals surface area contributed by atoms with Gasteiger partial charge >= 0.3 is 0 Å². The van der Waals surface area contributed by atoms with Gasteiger partial charge in [-0.25, -0.2) is 0 Å². The maximum atomic E-state index is 4.34. The molecule has 0 amide bonds. The molecule has 3 rings (SSSR count). The van der Waals surface area contributed by atoms with E-state index in [4.69, 9.17) is 0 Å². The van der Waals surface area contributed by atoms with E-state index in [9.17, 15) is 0 Å². The molecule has 0 atom stereocenters. The fourth-order valence-corrected chi connectivity index (χ4v) is 3.32. The zero-order valence-corrected chi connectivity index (χ0v) is 10.7. The van der Waals surface area contributed by atoms with E-state index in [2.05, 4.69) is 42.2 Å². The summed E-state index contributed by atoms with van der Waals surface area (Å²) in [6.45, 7) is 0. The van der Waals surface area contributed by atoms with E-state index < -0.39 is 0 Å². The molecule has 2 nitrogen and oxygen atoms in total. The van der Waals surface area contributed by atoms with E-state index >= 15 is 0 Å². The van der Waals surface area contributed by atoms with Gasteiger partial charge in [-0.05, 0) is 33.4 Å². The molecule has 3 aromatic rings. The Balaban J connectivity index is 2.37. The Morgan fingerprint density at radius 2 is 1.93 bits per heavy atom. The Kier molecular flexibility index (Phi) is 2.31. The summed E-state index contributed by atoms with van der Waals surface area (Å²) in [6, 6.07) is 8.26. The lowest BCUT2D eigenvalue weighted by molar-refractivity contribution is 1.61. The van der Waals surface area contributed by atoms with Crippen molar-refractivity contribution in [2.45, 2.75) is 0 Å². The van der Waals surface area contributed by atoms with Crippen LogP contribution in [0.1, 0.15) is 0 Å². The van der Waals surface area contributed by atoms with Gasteiger partial charge in [-0.1, -0.05) is 12.1 Å². The van der Waals surface area contributed by atoms with Crippen molar-refractivity contribution in [2.75, 3.05) is 0 Å². The molecule has 5 heteroatoms. The Morgan fingerprint density at radius 1 is 1.07 bits per heavy atom. The van der Waals surface area contributed by atoms with Crippen LogP contribution >= 0.6 is 39.0 Å². The average molecular weight is 297 g/mol. The van der Waals surface area contributed by atoms with Crippen LogP contribution in [0.4, 0.5) is 0 Å². The van der Waals surface area contributed by atoms with Crippen LogP contribution < -0.4 is 0 Å². The fourth-order valence-electron chi connectivity index (χ4n) is 1.47. The number of rotatable bonds is 1. The molecule has 0 fully saturated rings. The maximum Gasteiger partial charge on any atom is 0.119 e. The van der Waals surface area contributed by atoms with Gasteiger partial charge in [0.05, 0.1) is 11.7 Å². The largest absolute Gasteiger partial charge is 0.172 e. The van der Waals surface area contributed by atoms with Gasteiger partial charge in [0.2, 0.25) is 0 Å². The number of benzene rings is 1. The molecule has 0 N–H and O–H groups in total. The van der Waals surface area contributed by atoms with Crippen LogP contribution in [0.15, 0.2) is 34.1 Å². The Hall–Kier alpha value is -0.780. The lowest BCUT2D eigenvalue weighted by Crippen LogP contribution is -1.78. The predicted molar refractivity (Wildman–Crippen MR) is 68.4 cm³/mol. The van der Waals surface area contributed by atoms with Gasteiger partial charge in [0.25, 0.3) is 0 Å². The normalized spacial score (nSPS) is 11.0. The lowest BCUT2D eigenvalue weighted by Gasteiger charge is -1.99. The molecule has 2 aromatic heterocycles. The third kappa shape index (κ3) is 1.51. The third-order valence-electron chi connectivity index (χ3n) is 2.15. The highest BCUT2D eigenvalue weighted by atomic mass is 79.9. The van der Waals surface area contributed by atoms with E-state index in [1.165, 1.54) is 16.6 Å². The second-order valence-corrected chi connectivity index (χ2v) is 5.36. The van der Waals surface area contributed by atoms with E-state index in [0.29, 0.717) is 0 Å². The van der Waals surface area contributed by atoms with Crippen LogP contribution in [-0.4, -0.2) is 8.75 Å². The summed E-state index contributed by atoms with van der Waals surface area (Å²) in [4.78, 5) is 1.24. The summed E-state index contributed by atoms with van der Waals surface area (Å²) in [5, 5.41) is 2.07. The molecule has 15 heavy (non-hydrogen) atoms. The first-order valence-corrected chi connectivity index (χ1v) is 6.71. The number of hydrogen-bond acceptors (Lipinski definition) is 4. The van der Waals surface area contributed by atoms with Gasteiger partial charge < -0.3 is 0 Å². The predicted octanol–water partition coefficient (Wildman–Crippen LogP) is 4.18. The van der Waals surface area contributed by atoms with Crippen LogP contribution in [0.25, 0.3) is 21.5 Å². The topological polar surface area (TPSA) is 25.8 Å². The second kappa shape index (κ2) is 3.66. The Morgan fingerprint density at radius 3 is 2.73 bits per heavy atom. The van der Waals surface area contributed by atoms with Crippen molar-refractivity contribution < 1.29 is 0 Å². The molecule has 0 saturated heterocycles. The van der Waals surface area contributed by atoms with Crippen molar-refractivity contribution in [3.8, 4) is 10.4 Å². The molecule has 0 aliphatic rings.